The van der Waals surface area contributed by atoms with Crippen LogP contribution in [0, 0.1) is 10.8 Å². The SMILES string of the molecule is CC(C)(C)CC(N(c1ccc2[nH]cc(C(C)(C)C)c2c1)C(C)(C)C)C(C)(C)C. The Morgan fingerprint density at radius 1 is 0.857 bits per heavy atom. The van der Waals surface area contributed by atoms with Gasteiger partial charge in [-0.2, -0.15) is 0 Å². The van der Waals surface area contributed by atoms with Crippen molar-refractivity contribution in [2.45, 2.75) is 107 Å². The normalized spacial score (nSPS) is 15.1. The third kappa shape index (κ3) is 5.13. The molecule has 0 aliphatic carbocycles. The number of aromatic nitrogens is 1. The molecule has 2 aromatic rings. The summed E-state index contributed by atoms with van der Waals surface area (Å²) in [5.74, 6) is 0. The van der Waals surface area contributed by atoms with Gasteiger partial charge in [0.05, 0.1) is 0 Å². The van der Waals surface area contributed by atoms with E-state index in [1.165, 1.54) is 22.2 Å². The summed E-state index contributed by atoms with van der Waals surface area (Å²) >= 11 is 0. The van der Waals surface area contributed by atoms with Crippen molar-refractivity contribution < 1.29 is 0 Å². The summed E-state index contributed by atoms with van der Waals surface area (Å²) in [6.07, 6.45) is 3.34. The third-order valence-electron chi connectivity index (χ3n) is 5.59. The Morgan fingerprint density at radius 3 is 1.86 bits per heavy atom. The average Bonchev–Trinajstić information content (AvgIpc) is 2.85. The fourth-order valence-corrected chi connectivity index (χ4v) is 4.28. The van der Waals surface area contributed by atoms with Crippen molar-refractivity contribution in [1.82, 2.24) is 4.98 Å². The van der Waals surface area contributed by atoms with E-state index in [0.29, 0.717) is 6.04 Å². The molecular weight excluding hydrogens is 340 g/mol. The van der Waals surface area contributed by atoms with Crippen molar-refractivity contribution in [3.05, 3.63) is 30.0 Å². The minimum atomic E-state index is 0.0368. The van der Waals surface area contributed by atoms with E-state index < -0.39 is 0 Å². The molecule has 0 spiro atoms. The van der Waals surface area contributed by atoms with Gasteiger partial charge in [0.1, 0.15) is 0 Å². The van der Waals surface area contributed by atoms with Crippen molar-refractivity contribution in [2.24, 2.45) is 10.8 Å². The van der Waals surface area contributed by atoms with E-state index in [2.05, 4.69) is 117 Å². The van der Waals surface area contributed by atoms with Crippen molar-refractivity contribution in [2.75, 3.05) is 4.90 Å². The van der Waals surface area contributed by atoms with Crippen molar-refractivity contribution in [3.63, 3.8) is 0 Å². The highest BCUT2D eigenvalue weighted by atomic mass is 15.2. The number of nitrogens with one attached hydrogen (secondary N) is 1. The molecule has 2 heteroatoms. The number of H-pyrrole nitrogens is 1. The van der Waals surface area contributed by atoms with Crippen LogP contribution in [-0.4, -0.2) is 16.6 Å². The second kappa shape index (κ2) is 7.11. The molecule has 0 saturated heterocycles. The number of benzene rings is 1. The van der Waals surface area contributed by atoms with Gasteiger partial charge in [-0.3, -0.25) is 0 Å². The number of hydrogen-bond acceptors (Lipinski definition) is 1. The van der Waals surface area contributed by atoms with Crippen molar-refractivity contribution in [1.29, 1.82) is 0 Å². The Morgan fingerprint density at radius 2 is 1.43 bits per heavy atom. The predicted octanol–water partition coefficient (Wildman–Crippen LogP) is 7.92. The highest BCUT2D eigenvalue weighted by molar-refractivity contribution is 5.87. The van der Waals surface area contributed by atoms with Crippen LogP contribution >= 0.6 is 0 Å². The second-order valence-electron chi connectivity index (χ2n) is 12.9. The minimum Gasteiger partial charge on any atom is -0.363 e. The van der Waals surface area contributed by atoms with Gasteiger partial charge in [-0.05, 0) is 67.2 Å². The molecule has 0 fully saturated rings. The second-order valence-corrected chi connectivity index (χ2v) is 12.9. The van der Waals surface area contributed by atoms with Gasteiger partial charge >= 0.3 is 0 Å². The minimum absolute atomic E-state index is 0.0368. The molecule has 28 heavy (non-hydrogen) atoms. The molecule has 0 saturated carbocycles. The molecule has 0 bridgehead atoms. The maximum absolute atomic E-state index is 3.48. The van der Waals surface area contributed by atoms with Gasteiger partial charge in [-0.1, -0.05) is 62.3 Å². The quantitative estimate of drug-likeness (QED) is 0.569. The fraction of sp³-hybridized carbons (Fsp3) is 0.692. The maximum Gasteiger partial charge on any atom is 0.0458 e. The van der Waals surface area contributed by atoms with Crippen molar-refractivity contribution in [3.8, 4) is 0 Å². The lowest BCUT2D eigenvalue weighted by Gasteiger charge is -2.51. The maximum atomic E-state index is 3.48. The van der Waals surface area contributed by atoms with E-state index in [-0.39, 0.29) is 21.8 Å². The molecule has 1 atom stereocenters. The summed E-state index contributed by atoms with van der Waals surface area (Å²) in [6, 6.07) is 7.42. The van der Waals surface area contributed by atoms with Gasteiger partial charge in [0, 0.05) is 34.4 Å². The number of fused-ring (bicyclic) bond motifs is 1. The molecule has 0 amide bonds. The van der Waals surface area contributed by atoms with E-state index >= 15 is 0 Å². The van der Waals surface area contributed by atoms with E-state index in [4.69, 9.17) is 0 Å². The van der Waals surface area contributed by atoms with Crippen LogP contribution in [0.5, 0.6) is 0 Å². The van der Waals surface area contributed by atoms with E-state index in [1.807, 2.05) is 0 Å². The molecule has 1 unspecified atom stereocenters. The zero-order valence-corrected chi connectivity index (χ0v) is 20.5. The van der Waals surface area contributed by atoms with Gasteiger partial charge in [-0.25, -0.2) is 0 Å². The highest BCUT2D eigenvalue weighted by Gasteiger charge is 2.39. The first-order chi connectivity index (χ1) is 12.4. The van der Waals surface area contributed by atoms with Crippen LogP contribution in [0.2, 0.25) is 0 Å². The summed E-state index contributed by atoms with van der Waals surface area (Å²) in [6.45, 7) is 28.2. The first-order valence-electron chi connectivity index (χ1n) is 10.8. The average molecular weight is 385 g/mol. The topological polar surface area (TPSA) is 19.0 Å². The lowest BCUT2D eigenvalue weighted by atomic mass is 9.74. The Balaban J connectivity index is 2.68. The van der Waals surface area contributed by atoms with Crippen LogP contribution in [0.3, 0.4) is 0 Å². The van der Waals surface area contributed by atoms with Gasteiger partial charge in [0.25, 0.3) is 0 Å². The van der Waals surface area contributed by atoms with Crippen LogP contribution in [0.15, 0.2) is 24.4 Å². The third-order valence-corrected chi connectivity index (χ3v) is 5.59. The van der Waals surface area contributed by atoms with Gasteiger partial charge in [0.15, 0.2) is 0 Å². The van der Waals surface area contributed by atoms with Gasteiger partial charge < -0.3 is 9.88 Å². The molecule has 1 N–H and O–H groups in total. The van der Waals surface area contributed by atoms with Crippen molar-refractivity contribution >= 4 is 16.6 Å². The molecule has 1 aromatic carbocycles. The Hall–Kier alpha value is -1.44. The molecule has 0 aliphatic rings. The lowest BCUT2D eigenvalue weighted by Crippen LogP contribution is -2.54. The Bertz CT molecular complexity index is 798. The summed E-state index contributed by atoms with van der Waals surface area (Å²) in [7, 11) is 0. The van der Waals surface area contributed by atoms with Crippen LogP contribution in [0.1, 0.15) is 95.1 Å². The lowest BCUT2D eigenvalue weighted by molar-refractivity contribution is 0.198. The fourth-order valence-electron chi connectivity index (χ4n) is 4.28. The first-order valence-corrected chi connectivity index (χ1v) is 10.8. The van der Waals surface area contributed by atoms with Gasteiger partial charge in [-0.15, -0.1) is 0 Å². The summed E-state index contributed by atoms with van der Waals surface area (Å²) in [5, 5.41) is 1.35. The molecule has 1 aromatic heterocycles. The largest absolute Gasteiger partial charge is 0.363 e. The first kappa shape index (κ1) is 22.8. The van der Waals surface area contributed by atoms with E-state index in [9.17, 15) is 0 Å². The summed E-state index contributed by atoms with van der Waals surface area (Å²) in [4.78, 5) is 6.16. The number of aromatic amines is 1. The monoisotopic (exact) mass is 384 g/mol. The zero-order chi connectivity index (χ0) is 21.7. The zero-order valence-electron chi connectivity index (χ0n) is 20.5. The molecule has 2 rings (SSSR count). The summed E-state index contributed by atoms with van der Waals surface area (Å²) in [5.41, 5.74) is 4.56. The smallest absolute Gasteiger partial charge is 0.0458 e. The van der Waals surface area contributed by atoms with Crippen LogP contribution in [0.4, 0.5) is 5.69 Å². The highest BCUT2D eigenvalue weighted by Crippen LogP contribution is 2.41. The molecular formula is C26H44N2. The number of hydrogen-bond donors (Lipinski definition) is 1. The number of anilines is 1. The molecule has 0 radical (unpaired) electrons. The number of nitrogens with zero attached hydrogens (tertiary/aromatic N) is 1. The molecule has 158 valence electrons. The number of rotatable bonds is 3. The standard InChI is InChI=1S/C26H44N2/c1-23(2,3)16-22(25(7,8)9)28(26(10,11)12)18-13-14-21-19(15-18)20(17-27-21)24(4,5)6/h13-15,17,22,27H,16H2,1-12H3. The van der Waals surface area contributed by atoms with E-state index in [1.54, 1.807) is 0 Å². The molecule has 0 aliphatic heterocycles. The van der Waals surface area contributed by atoms with Crippen LogP contribution in [0.25, 0.3) is 10.9 Å². The summed E-state index contributed by atoms with van der Waals surface area (Å²) < 4.78 is 0. The Labute approximate surface area is 174 Å². The van der Waals surface area contributed by atoms with Crippen LogP contribution in [-0.2, 0) is 5.41 Å². The van der Waals surface area contributed by atoms with Crippen LogP contribution < -0.4 is 4.90 Å². The Kier molecular flexibility index (Phi) is 5.80. The van der Waals surface area contributed by atoms with E-state index in [0.717, 1.165) is 6.42 Å². The van der Waals surface area contributed by atoms with Gasteiger partial charge in [0.2, 0.25) is 0 Å². The molecule has 2 nitrogen and oxygen atoms in total. The predicted molar refractivity (Wildman–Crippen MR) is 127 cm³/mol. The molecule has 1 heterocycles.